The normalized spacial score (nSPS) is 15.4. The second kappa shape index (κ2) is 16.0. The Morgan fingerprint density at radius 3 is 1.77 bits per heavy atom. The smallest absolute Gasteiger partial charge is 0.0464 e. The molecule has 6 aromatic carbocycles. The van der Waals surface area contributed by atoms with Gasteiger partial charge in [0.05, 0.1) is 0 Å². The second-order valence-electron chi connectivity index (χ2n) is 14.7. The predicted octanol–water partition coefficient (Wildman–Crippen LogP) is 14.8. The van der Waals surface area contributed by atoms with Gasteiger partial charge in [-0.2, -0.15) is 0 Å². The minimum absolute atomic E-state index is 0.884. The summed E-state index contributed by atoms with van der Waals surface area (Å²) in [5.74, 6) is 0. The van der Waals surface area contributed by atoms with Crippen LogP contribution in [0.2, 0.25) is 0 Å². The van der Waals surface area contributed by atoms with Gasteiger partial charge in [-0.1, -0.05) is 152 Å². The molecule has 0 fully saturated rings. The summed E-state index contributed by atoms with van der Waals surface area (Å²) in [6.07, 6.45) is 21.7. The van der Waals surface area contributed by atoms with E-state index in [1.807, 2.05) is 6.08 Å². The van der Waals surface area contributed by atoms with Crippen LogP contribution in [0.25, 0.3) is 33.0 Å². The molecule has 9 rings (SSSR count). The highest BCUT2D eigenvalue weighted by Gasteiger charge is 2.31. The van der Waals surface area contributed by atoms with Crippen molar-refractivity contribution in [2.24, 2.45) is 0 Å². The van der Waals surface area contributed by atoms with Gasteiger partial charge < -0.3 is 9.80 Å². The van der Waals surface area contributed by atoms with Gasteiger partial charge in [-0.25, -0.2) is 0 Å². The molecule has 3 aliphatic carbocycles. The summed E-state index contributed by atoms with van der Waals surface area (Å²) in [5, 5.41) is 2.50. The second-order valence-corrected chi connectivity index (χ2v) is 14.7. The van der Waals surface area contributed by atoms with Crippen LogP contribution in [-0.4, -0.2) is 0 Å². The first-order valence-electron chi connectivity index (χ1n) is 20.0. The molecular formula is C54H46N2. The van der Waals surface area contributed by atoms with Crippen molar-refractivity contribution in [2.75, 3.05) is 9.80 Å². The van der Waals surface area contributed by atoms with Gasteiger partial charge in [0.15, 0.2) is 0 Å². The summed E-state index contributed by atoms with van der Waals surface area (Å²) in [7, 11) is 0. The lowest BCUT2D eigenvalue weighted by Crippen LogP contribution is -2.29. The van der Waals surface area contributed by atoms with E-state index in [-0.39, 0.29) is 0 Å². The van der Waals surface area contributed by atoms with E-state index in [0.717, 1.165) is 49.9 Å². The van der Waals surface area contributed by atoms with Crippen LogP contribution >= 0.6 is 0 Å². The van der Waals surface area contributed by atoms with Crippen molar-refractivity contribution in [3.05, 3.63) is 235 Å². The van der Waals surface area contributed by atoms with E-state index in [1.54, 1.807) is 0 Å². The number of rotatable bonds is 10. The number of allylic oxidation sites excluding steroid dienone is 12. The fourth-order valence-corrected chi connectivity index (χ4v) is 8.49. The molecule has 0 amide bonds. The highest BCUT2D eigenvalue weighted by atomic mass is 15.2. The summed E-state index contributed by atoms with van der Waals surface area (Å²) in [6.45, 7) is 4.40. The van der Waals surface area contributed by atoms with Crippen LogP contribution in [0, 0.1) is 0 Å². The molecule has 0 aliphatic heterocycles. The first kappa shape index (κ1) is 35.1. The maximum atomic E-state index is 4.40. The third kappa shape index (κ3) is 7.14. The summed E-state index contributed by atoms with van der Waals surface area (Å²) < 4.78 is 0. The number of hydrogen-bond acceptors (Lipinski definition) is 2. The largest absolute Gasteiger partial charge is 0.314 e. The zero-order valence-corrected chi connectivity index (χ0v) is 31.8. The molecule has 2 nitrogen and oxygen atoms in total. The van der Waals surface area contributed by atoms with E-state index in [1.165, 1.54) is 72.5 Å². The van der Waals surface area contributed by atoms with Crippen LogP contribution in [-0.2, 0) is 0 Å². The lowest BCUT2D eigenvalue weighted by atomic mass is 9.84. The van der Waals surface area contributed by atoms with Crippen LogP contribution in [0.15, 0.2) is 235 Å². The molecule has 6 aromatic rings. The lowest BCUT2D eigenvalue weighted by Gasteiger charge is -2.39. The van der Waals surface area contributed by atoms with Crippen molar-refractivity contribution in [2.45, 2.75) is 38.5 Å². The lowest BCUT2D eigenvalue weighted by molar-refractivity contribution is 0.780. The number of fused-ring (bicyclic) bond motifs is 2. The summed E-state index contributed by atoms with van der Waals surface area (Å²) >= 11 is 0. The monoisotopic (exact) mass is 722 g/mol. The number of nitrogens with zero attached hydrogens (tertiary/aromatic N) is 2. The highest BCUT2D eigenvalue weighted by Crippen LogP contribution is 2.46. The maximum absolute atomic E-state index is 4.40. The van der Waals surface area contributed by atoms with Crippen LogP contribution in [0.4, 0.5) is 17.1 Å². The molecule has 0 saturated carbocycles. The van der Waals surface area contributed by atoms with Gasteiger partial charge in [0, 0.05) is 34.2 Å². The average Bonchev–Trinajstić information content (AvgIpc) is 3.28. The molecule has 0 aromatic heterocycles. The van der Waals surface area contributed by atoms with Gasteiger partial charge >= 0.3 is 0 Å². The Labute approximate surface area is 331 Å². The standard InChI is InChI=1S/C54H46N2/c1-2-47(38-40-16-6-3-7-17-40)55(48-31-26-44(27-32-48)41-18-8-4-9-19-41)53-36-37-54(52-25-15-14-24-51(52)53)56(50-35-30-43-22-12-13-23-46(43)39-50)49-33-28-45(29-34-49)42-20-10-5-11-21-42/h2-6,8-14,16,18-24,26-35,38-39H,1,7,15,17,25,36-37H2/b47-38+. The van der Waals surface area contributed by atoms with E-state index < -0.39 is 0 Å². The Morgan fingerprint density at radius 2 is 1.11 bits per heavy atom. The van der Waals surface area contributed by atoms with E-state index in [4.69, 9.17) is 0 Å². The Bertz CT molecular complexity index is 2560. The average molecular weight is 723 g/mol. The van der Waals surface area contributed by atoms with Gasteiger partial charge in [-0.05, 0) is 137 Å². The van der Waals surface area contributed by atoms with Crippen molar-refractivity contribution in [1.29, 1.82) is 0 Å². The SMILES string of the molecule is C=C/C(=C\C1=CC=CCC1)N(C1=C2C=CCCC2=C(N(c2ccc(-c3ccccc3)cc2)c2ccc3ccccc3c2)CC1)c1ccc(-c2ccccc2)cc1. The Hall–Kier alpha value is -6.64. The van der Waals surface area contributed by atoms with Gasteiger partial charge in [0.1, 0.15) is 0 Å². The maximum Gasteiger partial charge on any atom is 0.0464 e. The summed E-state index contributed by atoms with van der Waals surface area (Å²) in [6, 6.07) is 55.1. The molecule has 0 spiro atoms. The molecule has 0 N–H and O–H groups in total. The van der Waals surface area contributed by atoms with Gasteiger partial charge in [0.25, 0.3) is 0 Å². The Balaban J connectivity index is 1.20. The fourth-order valence-electron chi connectivity index (χ4n) is 8.49. The molecule has 0 saturated heterocycles. The zero-order valence-electron chi connectivity index (χ0n) is 31.8. The van der Waals surface area contributed by atoms with Crippen LogP contribution in [0.5, 0.6) is 0 Å². The van der Waals surface area contributed by atoms with Crippen molar-refractivity contribution in [1.82, 2.24) is 0 Å². The van der Waals surface area contributed by atoms with Crippen LogP contribution in [0.1, 0.15) is 38.5 Å². The first-order chi connectivity index (χ1) is 27.7. The number of benzene rings is 6. The summed E-state index contributed by atoms with van der Waals surface area (Å²) in [4.78, 5) is 5.02. The van der Waals surface area contributed by atoms with Crippen molar-refractivity contribution >= 4 is 27.8 Å². The van der Waals surface area contributed by atoms with Crippen LogP contribution < -0.4 is 9.80 Å². The Morgan fingerprint density at radius 1 is 0.518 bits per heavy atom. The first-order valence-corrected chi connectivity index (χ1v) is 20.0. The molecule has 0 radical (unpaired) electrons. The van der Waals surface area contributed by atoms with Gasteiger partial charge in [0.2, 0.25) is 0 Å². The van der Waals surface area contributed by atoms with E-state index in [0.29, 0.717) is 0 Å². The van der Waals surface area contributed by atoms with Crippen molar-refractivity contribution in [3.63, 3.8) is 0 Å². The fraction of sp³-hybridized carbons (Fsp3) is 0.111. The molecule has 0 atom stereocenters. The van der Waals surface area contributed by atoms with E-state index >= 15 is 0 Å². The predicted molar refractivity (Wildman–Crippen MR) is 239 cm³/mol. The molecule has 3 aliphatic rings. The number of anilines is 3. The molecular weight excluding hydrogens is 677 g/mol. The molecule has 56 heavy (non-hydrogen) atoms. The van der Waals surface area contributed by atoms with Crippen molar-refractivity contribution in [3.8, 4) is 22.3 Å². The number of hydrogen-bond donors (Lipinski definition) is 0. The topological polar surface area (TPSA) is 6.48 Å². The van der Waals surface area contributed by atoms with E-state index in [2.05, 4.69) is 204 Å². The molecule has 0 heterocycles. The van der Waals surface area contributed by atoms with Gasteiger partial charge in [-0.3, -0.25) is 0 Å². The highest BCUT2D eigenvalue weighted by molar-refractivity contribution is 5.88. The Kier molecular flexibility index (Phi) is 10.0. The third-order valence-electron chi connectivity index (χ3n) is 11.3. The van der Waals surface area contributed by atoms with Crippen molar-refractivity contribution < 1.29 is 0 Å². The molecule has 272 valence electrons. The van der Waals surface area contributed by atoms with Gasteiger partial charge in [-0.15, -0.1) is 0 Å². The summed E-state index contributed by atoms with van der Waals surface area (Å²) in [5.41, 5.74) is 16.3. The molecule has 2 heteroatoms. The minimum atomic E-state index is 0.884. The quantitative estimate of drug-likeness (QED) is 0.130. The van der Waals surface area contributed by atoms with E-state index in [9.17, 15) is 0 Å². The van der Waals surface area contributed by atoms with Crippen LogP contribution in [0.3, 0.4) is 0 Å². The minimum Gasteiger partial charge on any atom is -0.314 e. The molecule has 0 unspecified atom stereocenters. The third-order valence-corrected chi connectivity index (χ3v) is 11.3. The zero-order chi connectivity index (χ0) is 37.7. The molecule has 0 bridgehead atoms.